The molecule has 1 aromatic carbocycles. The number of anilines is 1. The first-order valence-corrected chi connectivity index (χ1v) is 9.71. The summed E-state index contributed by atoms with van der Waals surface area (Å²) in [5.41, 5.74) is 0.378. The fraction of sp³-hybridized carbons (Fsp3) is 0.533. The number of nitrogens with one attached hydrogen (secondary N) is 1. The predicted molar refractivity (Wildman–Crippen MR) is 90.2 cm³/mol. The highest BCUT2D eigenvalue weighted by Crippen LogP contribution is 2.27. The molecule has 8 heteroatoms. The van der Waals surface area contributed by atoms with Crippen LogP contribution in [-0.4, -0.2) is 46.4 Å². The first-order chi connectivity index (χ1) is 10.9. The predicted octanol–water partition coefficient (Wildman–Crippen LogP) is 1.79. The van der Waals surface area contributed by atoms with Crippen LogP contribution in [0.2, 0.25) is 5.02 Å². The van der Waals surface area contributed by atoms with Gasteiger partial charge in [-0.1, -0.05) is 23.7 Å². The van der Waals surface area contributed by atoms with E-state index in [0.29, 0.717) is 17.3 Å². The van der Waals surface area contributed by atoms with Gasteiger partial charge in [0.25, 0.3) is 0 Å². The number of hydrogen-bond donors (Lipinski definition) is 1. The van der Waals surface area contributed by atoms with Gasteiger partial charge in [0.05, 0.1) is 23.1 Å². The maximum Gasteiger partial charge on any atom is 0.232 e. The zero-order valence-electron chi connectivity index (χ0n) is 13.0. The Kier molecular flexibility index (Phi) is 6.26. The highest BCUT2D eigenvalue weighted by atomic mass is 35.5. The van der Waals surface area contributed by atoms with E-state index in [2.05, 4.69) is 5.32 Å². The van der Waals surface area contributed by atoms with Crippen molar-refractivity contribution < 1.29 is 17.9 Å². The number of carbonyl (C=O) groups is 1. The topological polar surface area (TPSA) is 75.7 Å². The SMILES string of the molecule is CS(=O)(=O)N(CCC(=O)NCC1CCCO1)c1ccccc1Cl. The van der Waals surface area contributed by atoms with Gasteiger partial charge in [0.1, 0.15) is 0 Å². The van der Waals surface area contributed by atoms with Crippen molar-refractivity contribution in [1.82, 2.24) is 5.32 Å². The summed E-state index contributed by atoms with van der Waals surface area (Å²) in [6.07, 6.45) is 3.17. The molecule has 1 heterocycles. The first kappa shape index (κ1) is 18.0. The quantitative estimate of drug-likeness (QED) is 0.804. The molecule has 1 aliphatic rings. The molecule has 6 nitrogen and oxygen atoms in total. The lowest BCUT2D eigenvalue weighted by Gasteiger charge is -2.23. The minimum absolute atomic E-state index is 0.0416. The van der Waals surface area contributed by atoms with Crippen LogP contribution >= 0.6 is 11.6 Å². The molecule has 0 aromatic heterocycles. The van der Waals surface area contributed by atoms with Crippen LogP contribution in [0.1, 0.15) is 19.3 Å². The van der Waals surface area contributed by atoms with Gasteiger partial charge < -0.3 is 10.1 Å². The van der Waals surface area contributed by atoms with Gasteiger partial charge in [-0.2, -0.15) is 0 Å². The van der Waals surface area contributed by atoms with Gasteiger partial charge in [-0.05, 0) is 25.0 Å². The molecular weight excluding hydrogens is 340 g/mol. The molecule has 0 saturated carbocycles. The molecule has 0 bridgehead atoms. The third-order valence-electron chi connectivity index (χ3n) is 3.61. The second kappa shape index (κ2) is 7.99. The smallest absolute Gasteiger partial charge is 0.232 e. The fourth-order valence-electron chi connectivity index (χ4n) is 2.44. The molecule has 1 aromatic rings. The van der Waals surface area contributed by atoms with Crippen molar-refractivity contribution in [2.75, 3.05) is 30.3 Å². The van der Waals surface area contributed by atoms with Crippen LogP contribution in [0.3, 0.4) is 0 Å². The monoisotopic (exact) mass is 360 g/mol. The number of benzene rings is 1. The molecule has 1 saturated heterocycles. The van der Waals surface area contributed by atoms with Crippen molar-refractivity contribution >= 4 is 33.2 Å². The second-order valence-corrected chi connectivity index (χ2v) is 7.79. The minimum Gasteiger partial charge on any atom is -0.376 e. The van der Waals surface area contributed by atoms with Crippen molar-refractivity contribution in [3.8, 4) is 0 Å². The van der Waals surface area contributed by atoms with E-state index >= 15 is 0 Å². The lowest BCUT2D eigenvalue weighted by Crippen LogP contribution is -2.37. The Morgan fingerprint density at radius 3 is 2.78 bits per heavy atom. The number of nitrogens with zero attached hydrogens (tertiary/aromatic N) is 1. The summed E-state index contributed by atoms with van der Waals surface area (Å²) >= 11 is 6.06. The molecule has 0 spiro atoms. The summed E-state index contributed by atoms with van der Waals surface area (Å²) in [5, 5.41) is 3.11. The standard InChI is InChI=1S/C15H21ClN2O4S/c1-23(20,21)18(14-7-3-2-6-13(14)16)9-8-15(19)17-11-12-5-4-10-22-12/h2-3,6-7,12H,4-5,8-11H2,1H3,(H,17,19). The molecule has 1 atom stereocenters. The van der Waals surface area contributed by atoms with E-state index in [1.54, 1.807) is 24.3 Å². The van der Waals surface area contributed by atoms with Gasteiger partial charge in [0.15, 0.2) is 0 Å². The summed E-state index contributed by atoms with van der Waals surface area (Å²) in [4.78, 5) is 11.9. The van der Waals surface area contributed by atoms with Gasteiger partial charge in [-0.15, -0.1) is 0 Å². The number of hydrogen-bond acceptors (Lipinski definition) is 4. The van der Waals surface area contributed by atoms with Crippen molar-refractivity contribution in [3.05, 3.63) is 29.3 Å². The molecule has 0 radical (unpaired) electrons. The zero-order valence-corrected chi connectivity index (χ0v) is 14.6. The molecule has 1 aliphatic heterocycles. The van der Waals surface area contributed by atoms with Gasteiger partial charge in [-0.3, -0.25) is 9.10 Å². The maximum atomic E-state index is 12.0. The molecule has 2 rings (SSSR count). The van der Waals surface area contributed by atoms with Crippen LogP contribution in [0.5, 0.6) is 0 Å². The van der Waals surface area contributed by atoms with Gasteiger partial charge >= 0.3 is 0 Å². The van der Waals surface area contributed by atoms with Crippen molar-refractivity contribution in [3.63, 3.8) is 0 Å². The molecule has 1 unspecified atom stereocenters. The van der Waals surface area contributed by atoms with E-state index < -0.39 is 10.0 Å². The molecule has 1 amide bonds. The van der Waals surface area contributed by atoms with Crippen LogP contribution in [0, 0.1) is 0 Å². The van der Waals surface area contributed by atoms with Crippen molar-refractivity contribution in [1.29, 1.82) is 0 Å². The van der Waals surface area contributed by atoms with Crippen LogP contribution in [0.25, 0.3) is 0 Å². The Hall–Kier alpha value is -1.31. The fourth-order valence-corrected chi connectivity index (χ4v) is 3.67. The number of para-hydroxylation sites is 1. The van der Waals surface area contributed by atoms with Crippen molar-refractivity contribution in [2.45, 2.75) is 25.4 Å². The summed E-state index contributed by atoms with van der Waals surface area (Å²) in [7, 11) is -3.52. The molecular formula is C15H21ClN2O4S. The lowest BCUT2D eigenvalue weighted by atomic mass is 10.2. The minimum atomic E-state index is -3.52. The van der Waals surface area contributed by atoms with E-state index in [-0.39, 0.29) is 25.0 Å². The third-order valence-corrected chi connectivity index (χ3v) is 5.11. The summed E-state index contributed by atoms with van der Waals surface area (Å²) in [5.74, 6) is -0.207. The Labute approximate surface area is 141 Å². The summed E-state index contributed by atoms with van der Waals surface area (Å²) in [6, 6.07) is 6.66. The lowest BCUT2D eigenvalue weighted by molar-refractivity contribution is -0.121. The van der Waals surface area contributed by atoms with E-state index in [0.717, 1.165) is 30.0 Å². The van der Waals surface area contributed by atoms with Gasteiger partial charge in [0.2, 0.25) is 15.9 Å². The van der Waals surface area contributed by atoms with Crippen LogP contribution in [0.4, 0.5) is 5.69 Å². The Balaban J connectivity index is 1.94. The van der Waals surface area contributed by atoms with E-state index in [1.807, 2.05) is 0 Å². The molecule has 1 N–H and O–H groups in total. The maximum absolute atomic E-state index is 12.0. The van der Waals surface area contributed by atoms with E-state index in [1.165, 1.54) is 0 Å². The normalized spacial score (nSPS) is 17.9. The number of amides is 1. The Bertz CT molecular complexity index is 645. The third kappa shape index (κ3) is 5.37. The number of ether oxygens (including phenoxy) is 1. The Morgan fingerprint density at radius 1 is 1.43 bits per heavy atom. The Morgan fingerprint density at radius 2 is 2.17 bits per heavy atom. The number of carbonyl (C=O) groups excluding carboxylic acids is 1. The summed E-state index contributed by atoms with van der Waals surface area (Å²) in [6.45, 7) is 1.23. The van der Waals surface area contributed by atoms with Crippen molar-refractivity contribution in [2.24, 2.45) is 0 Å². The average molecular weight is 361 g/mol. The molecule has 23 heavy (non-hydrogen) atoms. The van der Waals surface area contributed by atoms with Gasteiger partial charge in [-0.25, -0.2) is 8.42 Å². The van der Waals surface area contributed by atoms with Crippen LogP contribution < -0.4 is 9.62 Å². The van der Waals surface area contributed by atoms with Gasteiger partial charge in [0, 0.05) is 26.1 Å². The number of rotatable bonds is 7. The number of sulfonamides is 1. The van der Waals surface area contributed by atoms with Crippen LogP contribution in [-0.2, 0) is 19.6 Å². The number of halogens is 1. The largest absolute Gasteiger partial charge is 0.376 e. The zero-order chi connectivity index (χ0) is 16.9. The molecule has 128 valence electrons. The van der Waals surface area contributed by atoms with E-state index in [4.69, 9.17) is 16.3 Å². The molecule has 1 fully saturated rings. The highest BCUT2D eigenvalue weighted by Gasteiger charge is 2.21. The van der Waals surface area contributed by atoms with Crippen LogP contribution in [0.15, 0.2) is 24.3 Å². The average Bonchev–Trinajstić information content (AvgIpc) is 2.99. The van der Waals surface area contributed by atoms with E-state index in [9.17, 15) is 13.2 Å². The molecule has 0 aliphatic carbocycles. The second-order valence-electron chi connectivity index (χ2n) is 5.48. The first-order valence-electron chi connectivity index (χ1n) is 7.48. The highest BCUT2D eigenvalue weighted by molar-refractivity contribution is 7.92. The summed E-state index contributed by atoms with van der Waals surface area (Å²) < 4.78 is 30.5.